The van der Waals surface area contributed by atoms with E-state index in [0.717, 1.165) is 21.6 Å². The predicted octanol–water partition coefficient (Wildman–Crippen LogP) is 5.90. The monoisotopic (exact) mass is 478 g/mol. The fourth-order valence-electron chi connectivity index (χ4n) is 4.25. The maximum absolute atomic E-state index is 12.3. The van der Waals surface area contributed by atoms with E-state index in [1.54, 1.807) is 11.6 Å². The molecule has 35 heavy (non-hydrogen) atoms. The molecule has 4 aromatic carbocycles. The summed E-state index contributed by atoms with van der Waals surface area (Å²) < 4.78 is 6.98. The third-order valence-corrected chi connectivity index (χ3v) is 9.45. The minimum Gasteiger partial charge on any atom is -0.258 e. The first-order valence-electron chi connectivity index (χ1n) is 11.2. The number of para-hydroxylation sites is 1. The smallest absolute Gasteiger partial charge is 0.258 e. The van der Waals surface area contributed by atoms with Crippen molar-refractivity contribution in [3.8, 4) is 5.69 Å². The molecule has 0 unspecified atom stereocenters. The van der Waals surface area contributed by atoms with Gasteiger partial charge in [-0.05, 0) is 19.1 Å². The van der Waals surface area contributed by atoms with E-state index in [0.29, 0.717) is 5.69 Å². The lowest BCUT2D eigenvalue weighted by Crippen LogP contribution is -2.25. The highest BCUT2D eigenvalue weighted by Gasteiger charge is 2.33. The molecular formula is C28H23N4O2P. The largest absolute Gasteiger partial charge is 0.336 e. The Hall–Kier alpha value is -4.28. The molecule has 172 valence electrons. The molecule has 7 heteroatoms. The number of aryl methyl sites for hydroxylation is 1. The number of benzene rings is 4. The number of rotatable bonds is 6. The lowest BCUT2D eigenvalue weighted by Gasteiger charge is -2.26. The molecule has 1 heterocycles. The molecule has 5 rings (SSSR count). The second-order valence-electron chi connectivity index (χ2n) is 8.00. The van der Waals surface area contributed by atoms with Gasteiger partial charge in [-0.2, -0.15) is 5.10 Å². The standard InChI is InChI=1S/C28H23N4O2P/c1-22-27(32(33)34)28(31(29-22)23-14-6-2-7-15-23)30-35(24-16-8-3-9-17-24,25-18-10-4-11-19-25)26-20-12-5-13-21-26/h2-21H,1H3. The zero-order chi connectivity index (χ0) is 24.3. The predicted molar refractivity (Wildman–Crippen MR) is 142 cm³/mol. The van der Waals surface area contributed by atoms with Crippen molar-refractivity contribution in [2.24, 2.45) is 4.74 Å². The average Bonchev–Trinajstić information content (AvgIpc) is 3.25. The zero-order valence-corrected chi connectivity index (χ0v) is 20.0. The van der Waals surface area contributed by atoms with Crippen LogP contribution in [0.25, 0.3) is 5.69 Å². The second-order valence-corrected chi connectivity index (χ2v) is 11.0. The number of nitro groups is 1. The van der Waals surface area contributed by atoms with Gasteiger partial charge in [0.25, 0.3) is 0 Å². The molecule has 0 saturated heterocycles. The molecule has 0 spiro atoms. The molecule has 0 bridgehead atoms. The lowest BCUT2D eigenvalue weighted by atomic mass is 10.3. The molecule has 6 nitrogen and oxygen atoms in total. The van der Waals surface area contributed by atoms with Crippen molar-refractivity contribution in [3.05, 3.63) is 137 Å². The van der Waals surface area contributed by atoms with Crippen LogP contribution in [0.3, 0.4) is 0 Å². The summed E-state index contributed by atoms with van der Waals surface area (Å²) in [6.07, 6.45) is 0. The molecule has 0 saturated carbocycles. The Morgan fingerprint density at radius 2 is 1.11 bits per heavy atom. The molecule has 0 aliphatic carbocycles. The van der Waals surface area contributed by atoms with Crippen molar-refractivity contribution >= 4 is 34.5 Å². The normalized spacial score (nSPS) is 11.2. The summed E-state index contributed by atoms with van der Waals surface area (Å²) in [5.41, 5.74) is 0.959. The molecule has 0 radical (unpaired) electrons. The van der Waals surface area contributed by atoms with Gasteiger partial charge in [-0.25, -0.2) is 9.43 Å². The van der Waals surface area contributed by atoms with Crippen molar-refractivity contribution in [1.82, 2.24) is 9.78 Å². The highest BCUT2D eigenvalue weighted by atomic mass is 31.2. The fraction of sp³-hybridized carbons (Fsp3) is 0.0357. The van der Waals surface area contributed by atoms with E-state index in [1.165, 1.54) is 0 Å². The highest BCUT2D eigenvalue weighted by molar-refractivity contribution is 7.87. The summed E-state index contributed by atoms with van der Waals surface area (Å²) >= 11 is 0. The first-order chi connectivity index (χ1) is 17.1. The SMILES string of the molecule is Cc1nn(-c2ccccc2)c(N=P(c2ccccc2)(c2ccccc2)c2ccccc2)c1[N+](=O)[O-]. The lowest BCUT2D eigenvalue weighted by molar-refractivity contribution is -0.384. The molecule has 0 aliphatic heterocycles. The van der Waals surface area contributed by atoms with Crippen LogP contribution in [0, 0.1) is 17.0 Å². The average molecular weight is 478 g/mol. The third kappa shape index (κ3) is 4.09. The number of nitrogens with zero attached hydrogens (tertiary/aromatic N) is 4. The van der Waals surface area contributed by atoms with Gasteiger partial charge >= 0.3 is 5.69 Å². The Morgan fingerprint density at radius 1 is 0.714 bits per heavy atom. The van der Waals surface area contributed by atoms with Crippen molar-refractivity contribution in [1.29, 1.82) is 0 Å². The van der Waals surface area contributed by atoms with Gasteiger partial charge in [0.15, 0.2) is 0 Å². The minimum atomic E-state index is -2.72. The number of aromatic nitrogens is 2. The van der Waals surface area contributed by atoms with Gasteiger partial charge in [0.2, 0.25) is 5.82 Å². The van der Waals surface area contributed by atoms with Crippen molar-refractivity contribution in [2.75, 3.05) is 0 Å². The van der Waals surface area contributed by atoms with Crippen LogP contribution in [0.1, 0.15) is 5.69 Å². The summed E-state index contributed by atoms with van der Waals surface area (Å²) in [4.78, 5) is 11.9. The van der Waals surface area contributed by atoms with E-state index >= 15 is 0 Å². The van der Waals surface area contributed by atoms with Gasteiger partial charge in [0.05, 0.1) is 17.7 Å². The van der Waals surface area contributed by atoms with E-state index in [-0.39, 0.29) is 16.4 Å². The van der Waals surface area contributed by atoms with E-state index in [2.05, 4.69) is 41.5 Å². The van der Waals surface area contributed by atoms with Crippen LogP contribution in [0.4, 0.5) is 11.5 Å². The van der Waals surface area contributed by atoms with Gasteiger partial charge < -0.3 is 0 Å². The number of hydrogen-bond acceptors (Lipinski definition) is 4. The molecule has 0 fully saturated rings. The van der Waals surface area contributed by atoms with E-state index in [1.807, 2.05) is 84.9 Å². The third-order valence-electron chi connectivity index (χ3n) is 5.82. The molecule has 0 N–H and O–H groups in total. The number of hydrogen-bond donors (Lipinski definition) is 0. The molecule has 0 amide bonds. The van der Waals surface area contributed by atoms with Crippen LogP contribution < -0.4 is 15.9 Å². The zero-order valence-electron chi connectivity index (χ0n) is 19.1. The molecular weight excluding hydrogens is 455 g/mol. The molecule has 0 aliphatic rings. The fourth-order valence-corrected chi connectivity index (χ4v) is 7.77. The Balaban J connectivity index is 1.98. The highest BCUT2D eigenvalue weighted by Crippen LogP contribution is 2.51. The molecule has 0 atom stereocenters. The molecule has 5 aromatic rings. The summed E-state index contributed by atoms with van der Waals surface area (Å²) in [7, 11) is -2.72. The van der Waals surface area contributed by atoms with Gasteiger partial charge in [-0.1, -0.05) is 109 Å². The van der Waals surface area contributed by atoms with Crippen LogP contribution in [0.15, 0.2) is 126 Å². The van der Waals surface area contributed by atoms with Crippen LogP contribution >= 0.6 is 7.05 Å². The summed E-state index contributed by atoms with van der Waals surface area (Å²) in [6, 6.07) is 39.6. The maximum atomic E-state index is 12.3. The van der Waals surface area contributed by atoms with Crippen molar-refractivity contribution < 1.29 is 4.92 Å². The van der Waals surface area contributed by atoms with Crippen molar-refractivity contribution in [3.63, 3.8) is 0 Å². The summed E-state index contributed by atoms with van der Waals surface area (Å²) in [5.74, 6) is 0.239. The van der Waals surface area contributed by atoms with Crippen LogP contribution in [-0.2, 0) is 0 Å². The molecule has 1 aromatic heterocycles. The van der Waals surface area contributed by atoms with E-state index < -0.39 is 7.05 Å². The van der Waals surface area contributed by atoms with Gasteiger partial charge in [0, 0.05) is 15.9 Å². The minimum absolute atomic E-state index is 0.0824. The van der Waals surface area contributed by atoms with Crippen molar-refractivity contribution in [2.45, 2.75) is 6.92 Å². The summed E-state index contributed by atoms with van der Waals surface area (Å²) in [5, 5.41) is 19.9. The second kappa shape index (κ2) is 9.53. The van der Waals surface area contributed by atoms with Crippen LogP contribution in [0.5, 0.6) is 0 Å². The first kappa shape index (κ1) is 22.5. The van der Waals surface area contributed by atoms with Crippen LogP contribution in [0.2, 0.25) is 0 Å². The maximum Gasteiger partial charge on any atom is 0.336 e. The van der Waals surface area contributed by atoms with Gasteiger partial charge in [-0.3, -0.25) is 10.1 Å². The Kier molecular flexibility index (Phi) is 6.13. The van der Waals surface area contributed by atoms with E-state index in [9.17, 15) is 10.1 Å². The Labute approximate surface area is 203 Å². The Bertz CT molecular complexity index is 1410. The van der Waals surface area contributed by atoms with E-state index in [4.69, 9.17) is 4.74 Å². The quantitative estimate of drug-likeness (QED) is 0.173. The van der Waals surface area contributed by atoms with Crippen LogP contribution in [-0.4, -0.2) is 14.7 Å². The summed E-state index contributed by atoms with van der Waals surface area (Å²) in [6.45, 7) is 1.66. The Morgan fingerprint density at radius 3 is 1.51 bits per heavy atom. The van der Waals surface area contributed by atoms with Gasteiger partial charge in [-0.15, -0.1) is 0 Å². The topological polar surface area (TPSA) is 73.3 Å². The van der Waals surface area contributed by atoms with Gasteiger partial charge in [0.1, 0.15) is 5.69 Å². The first-order valence-corrected chi connectivity index (χ1v) is 12.9.